The molecule has 1 heterocycles. The molecule has 0 spiro atoms. The molecule has 162 valence electrons. The van der Waals surface area contributed by atoms with Gasteiger partial charge in [-0.2, -0.15) is 0 Å². The second-order valence-electron chi connectivity index (χ2n) is 7.41. The van der Waals surface area contributed by atoms with Gasteiger partial charge in [-0.3, -0.25) is 9.36 Å². The predicted octanol–water partition coefficient (Wildman–Crippen LogP) is 5.31. The van der Waals surface area contributed by atoms with E-state index in [0.29, 0.717) is 11.7 Å². The fourth-order valence-electron chi connectivity index (χ4n) is 3.24. The Kier molecular flexibility index (Phi) is 6.87. The molecule has 0 saturated heterocycles. The molecular formula is C25H25N5OS. The molecule has 3 aromatic carbocycles. The van der Waals surface area contributed by atoms with Crippen LogP contribution in [-0.4, -0.2) is 25.9 Å². The maximum absolute atomic E-state index is 12.7. The Hall–Kier alpha value is -3.58. The number of nitrogens with zero attached hydrogens (tertiary/aromatic N) is 3. The summed E-state index contributed by atoms with van der Waals surface area (Å²) >= 11 is 1.39. The molecule has 1 amide bonds. The molecule has 4 rings (SSSR count). The summed E-state index contributed by atoms with van der Waals surface area (Å²) in [5.74, 6) is 0.694. The van der Waals surface area contributed by atoms with E-state index in [1.54, 1.807) is 0 Å². The highest BCUT2D eigenvalue weighted by Crippen LogP contribution is 2.27. The van der Waals surface area contributed by atoms with Gasteiger partial charge < -0.3 is 10.6 Å². The van der Waals surface area contributed by atoms with Crippen LogP contribution in [0.15, 0.2) is 90.1 Å². The minimum Gasteiger partial charge on any atom is -0.378 e. The Morgan fingerprint density at radius 1 is 0.938 bits per heavy atom. The summed E-state index contributed by atoms with van der Waals surface area (Å²) in [4.78, 5) is 12.7. The monoisotopic (exact) mass is 443 g/mol. The van der Waals surface area contributed by atoms with Crippen LogP contribution >= 0.6 is 11.8 Å². The molecule has 2 N–H and O–H groups in total. The van der Waals surface area contributed by atoms with Crippen molar-refractivity contribution in [1.82, 2.24) is 14.8 Å². The van der Waals surface area contributed by atoms with Gasteiger partial charge in [-0.05, 0) is 55.8 Å². The Labute approximate surface area is 192 Å². The first-order valence-corrected chi connectivity index (χ1v) is 11.3. The van der Waals surface area contributed by atoms with Crippen molar-refractivity contribution in [3.63, 3.8) is 0 Å². The van der Waals surface area contributed by atoms with E-state index in [1.807, 2.05) is 84.3 Å². The second kappa shape index (κ2) is 10.2. The fraction of sp³-hybridized carbons (Fsp3) is 0.160. The van der Waals surface area contributed by atoms with E-state index in [1.165, 1.54) is 17.3 Å². The fourth-order valence-corrected chi connectivity index (χ4v) is 4.13. The summed E-state index contributed by atoms with van der Waals surface area (Å²) in [5.41, 5.74) is 3.95. The van der Waals surface area contributed by atoms with E-state index in [9.17, 15) is 4.79 Å². The Bertz CT molecular complexity index is 1180. The van der Waals surface area contributed by atoms with E-state index < -0.39 is 0 Å². The maximum atomic E-state index is 12.7. The molecule has 0 radical (unpaired) electrons. The first-order chi connectivity index (χ1) is 15.6. The van der Waals surface area contributed by atoms with Crippen molar-refractivity contribution < 1.29 is 4.79 Å². The van der Waals surface area contributed by atoms with Crippen LogP contribution in [0.3, 0.4) is 0 Å². The number of nitrogens with one attached hydrogen (secondary N) is 2. The minimum atomic E-state index is -0.348. The number of hydrogen-bond acceptors (Lipinski definition) is 5. The van der Waals surface area contributed by atoms with Crippen LogP contribution in [0.1, 0.15) is 18.3 Å². The van der Waals surface area contributed by atoms with Gasteiger partial charge in [-0.1, -0.05) is 60.3 Å². The van der Waals surface area contributed by atoms with Crippen molar-refractivity contribution in [3.05, 3.63) is 96.3 Å². The van der Waals surface area contributed by atoms with Crippen LogP contribution in [0.2, 0.25) is 0 Å². The number of aromatic nitrogens is 3. The van der Waals surface area contributed by atoms with Gasteiger partial charge in [0.25, 0.3) is 0 Å². The lowest BCUT2D eigenvalue weighted by Crippen LogP contribution is -2.23. The summed E-state index contributed by atoms with van der Waals surface area (Å²) in [7, 11) is 0. The Balaban J connectivity index is 1.54. The van der Waals surface area contributed by atoms with Crippen LogP contribution in [-0.2, 0) is 11.3 Å². The molecule has 0 aliphatic rings. The van der Waals surface area contributed by atoms with Crippen LogP contribution in [0.4, 0.5) is 11.4 Å². The van der Waals surface area contributed by atoms with Crippen molar-refractivity contribution in [2.45, 2.75) is 30.8 Å². The molecule has 0 fully saturated rings. The van der Waals surface area contributed by atoms with Crippen molar-refractivity contribution in [2.75, 3.05) is 10.6 Å². The highest BCUT2D eigenvalue weighted by atomic mass is 32.2. The average molecular weight is 444 g/mol. The Morgan fingerprint density at radius 2 is 1.62 bits per heavy atom. The SMILES string of the molecule is Cc1cccc(NCc2nnc(SC(C)C(=O)Nc3ccccc3)n2-c2ccccc2)c1. The van der Waals surface area contributed by atoms with Gasteiger partial charge in [0.05, 0.1) is 11.8 Å². The number of carbonyl (C=O) groups is 1. The molecule has 1 atom stereocenters. The summed E-state index contributed by atoms with van der Waals surface area (Å²) in [5, 5.41) is 15.5. The highest BCUT2D eigenvalue weighted by Gasteiger charge is 2.21. The first-order valence-electron chi connectivity index (χ1n) is 10.4. The van der Waals surface area contributed by atoms with E-state index in [-0.39, 0.29) is 11.2 Å². The minimum absolute atomic E-state index is 0.0803. The standard InChI is InChI=1S/C25H25N5OS/c1-18-10-9-13-21(16-18)26-17-23-28-29-25(30(23)22-14-7-4-8-15-22)32-19(2)24(31)27-20-11-5-3-6-12-20/h3-16,19,26H,17H2,1-2H3,(H,27,31). The molecule has 4 aromatic rings. The van der Waals surface area contributed by atoms with E-state index >= 15 is 0 Å². The highest BCUT2D eigenvalue weighted by molar-refractivity contribution is 8.00. The number of amides is 1. The third kappa shape index (κ3) is 5.36. The number of para-hydroxylation sites is 2. The summed E-state index contributed by atoms with van der Waals surface area (Å²) in [6.07, 6.45) is 0. The normalized spacial score (nSPS) is 11.7. The number of carbonyl (C=O) groups excluding carboxylic acids is 1. The van der Waals surface area contributed by atoms with Crippen LogP contribution in [0.25, 0.3) is 5.69 Å². The quantitative estimate of drug-likeness (QED) is 0.361. The number of aryl methyl sites for hydroxylation is 1. The van der Waals surface area contributed by atoms with Crippen LogP contribution < -0.4 is 10.6 Å². The van der Waals surface area contributed by atoms with Crippen molar-refractivity contribution in [2.24, 2.45) is 0 Å². The van der Waals surface area contributed by atoms with Crippen molar-refractivity contribution in [1.29, 1.82) is 0 Å². The molecule has 6 nitrogen and oxygen atoms in total. The van der Waals surface area contributed by atoms with Crippen molar-refractivity contribution >= 4 is 29.0 Å². The lowest BCUT2D eigenvalue weighted by atomic mass is 10.2. The number of rotatable bonds is 8. The summed E-state index contributed by atoms with van der Waals surface area (Å²) in [6, 6.07) is 27.6. The maximum Gasteiger partial charge on any atom is 0.237 e. The third-order valence-corrected chi connectivity index (χ3v) is 5.92. The lowest BCUT2D eigenvalue weighted by Gasteiger charge is -2.14. The smallest absolute Gasteiger partial charge is 0.237 e. The van der Waals surface area contributed by atoms with E-state index in [2.05, 4.69) is 39.9 Å². The topological polar surface area (TPSA) is 71.8 Å². The Morgan fingerprint density at radius 3 is 2.34 bits per heavy atom. The van der Waals surface area contributed by atoms with Gasteiger partial charge in [0, 0.05) is 17.1 Å². The van der Waals surface area contributed by atoms with Gasteiger partial charge in [0.2, 0.25) is 5.91 Å². The number of hydrogen-bond donors (Lipinski definition) is 2. The van der Waals surface area contributed by atoms with Crippen LogP contribution in [0.5, 0.6) is 0 Å². The summed E-state index contributed by atoms with van der Waals surface area (Å²) < 4.78 is 2.00. The van der Waals surface area contributed by atoms with E-state index in [4.69, 9.17) is 0 Å². The molecule has 7 heteroatoms. The van der Waals surface area contributed by atoms with Gasteiger partial charge in [-0.25, -0.2) is 0 Å². The van der Waals surface area contributed by atoms with Crippen molar-refractivity contribution in [3.8, 4) is 5.69 Å². The van der Waals surface area contributed by atoms with E-state index in [0.717, 1.165) is 22.9 Å². The zero-order valence-corrected chi connectivity index (χ0v) is 18.8. The van der Waals surface area contributed by atoms with Crippen LogP contribution in [0, 0.1) is 6.92 Å². The predicted molar refractivity (Wildman–Crippen MR) is 130 cm³/mol. The van der Waals surface area contributed by atoms with Gasteiger partial charge in [-0.15, -0.1) is 10.2 Å². The number of anilines is 2. The molecule has 0 bridgehead atoms. The molecule has 1 aromatic heterocycles. The van der Waals surface area contributed by atoms with Gasteiger partial charge in [0.15, 0.2) is 11.0 Å². The summed E-state index contributed by atoms with van der Waals surface area (Å²) in [6.45, 7) is 4.45. The lowest BCUT2D eigenvalue weighted by molar-refractivity contribution is -0.115. The number of thioether (sulfide) groups is 1. The first kappa shape index (κ1) is 21.6. The average Bonchev–Trinajstić information content (AvgIpc) is 3.21. The molecular weight excluding hydrogens is 418 g/mol. The zero-order chi connectivity index (χ0) is 22.3. The van der Waals surface area contributed by atoms with Gasteiger partial charge in [0.1, 0.15) is 0 Å². The zero-order valence-electron chi connectivity index (χ0n) is 18.0. The largest absolute Gasteiger partial charge is 0.378 e. The third-order valence-electron chi connectivity index (χ3n) is 4.88. The molecule has 0 saturated carbocycles. The second-order valence-corrected chi connectivity index (χ2v) is 8.72. The molecule has 0 aliphatic carbocycles. The molecule has 32 heavy (non-hydrogen) atoms. The van der Waals surface area contributed by atoms with Gasteiger partial charge >= 0.3 is 0 Å². The molecule has 0 aliphatic heterocycles. The number of benzene rings is 3. The molecule has 1 unspecified atom stereocenters.